The van der Waals surface area contributed by atoms with Crippen molar-refractivity contribution in [1.82, 2.24) is 25.5 Å². The third-order valence-electron chi connectivity index (χ3n) is 11.1. The number of hydrogen-bond acceptors (Lipinski definition) is 13. The molecule has 2 fully saturated rings. The third-order valence-corrected chi connectivity index (χ3v) is 12.4. The molecule has 2 aromatic heterocycles. The highest BCUT2D eigenvalue weighted by Gasteiger charge is 2.53. The van der Waals surface area contributed by atoms with Crippen molar-refractivity contribution in [3.63, 3.8) is 0 Å². The SMILES string of the molecule is COc1nc(OCCOCC(=O)N[C@H](C(=O)N2C[C@H](O)C[C@H]2C(=O)NCc2ccc(-c3scnc3C)cc2)C(C)(C)C)ccc1N1C(=S)N(c2ccc(C#N)c(C(F)(F)F)c2F)C(=O)C1(C)C. The number of β-amino-alcohol motifs (C(OH)–C–C–N with tert-alkyl or cyclic N) is 1. The van der Waals surface area contributed by atoms with Crippen molar-refractivity contribution in [1.29, 1.82) is 5.26 Å². The van der Waals surface area contributed by atoms with Crippen molar-refractivity contribution in [2.45, 2.75) is 84.4 Å². The van der Waals surface area contributed by atoms with Crippen molar-refractivity contribution >= 4 is 63.7 Å². The largest absolute Gasteiger partial charge is 0.479 e. The highest BCUT2D eigenvalue weighted by atomic mass is 32.1. The lowest BCUT2D eigenvalue weighted by atomic mass is 9.85. The Labute approximate surface area is 392 Å². The molecule has 0 saturated carbocycles. The van der Waals surface area contributed by atoms with Gasteiger partial charge in [0.25, 0.3) is 5.91 Å². The second kappa shape index (κ2) is 19.9. The number of aromatic nitrogens is 2. The van der Waals surface area contributed by atoms with E-state index >= 15 is 4.39 Å². The van der Waals surface area contributed by atoms with Crippen LogP contribution in [0.25, 0.3) is 10.4 Å². The number of benzene rings is 2. The fraction of sp³-hybridized carbons (Fsp3) is 0.422. The number of aryl methyl sites for hydroxylation is 1. The zero-order valence-corrected chi connectivity index (χ0v) is 39.1. The molecule has 67 heavy (non-hydrogen) atoms. The summed E-state index contributed by atoms with van der Waals surface area (Å²) in [6.45, 7) is 9.43. The van der Waals surface area contributed by atoms with Crippen molar-refractivity contribution in [3.8, 4) is 28.3 Å². The number of likely N-dealkylation sites (tertiary alicyclic amines) is 1. The number of ether oxygens (including phenoxy) is 3. The number of aliphatic hydroxyl groups is 1. The fourth-order valence-corrected chi connectivity index (χ4v) is 9.01. The van der Waals surface area contributed by atoms with E-state index in [1.54, 1.807) is 26.3 Å². The molecular formula is C45H48F4N8O8S2. The van der Waals surface area contributed by atoms with E-state index in [0.717, 1.165) is 33.8 Å². The number of pyridine rings is 1. The van der Waals surface area contributed by atoms with Gasteiger partial charge in [-0.3, -0.25) is 29.0 Å². The minimum Gasteiger partial charge on any atom is -0.479 e. The highest BCUT2D eigenvalue weighted by Crippen LogP contribution is 2.44. The predicted octanol–water partition coefficient (Wildman–Crippen LogP) is 5.67. The van der Waals surface area contributed by atoms with Crippen molar-refractivity contribution in [2.75, 3.05) is 43.3 Å². The molecule has 0 unspecified atom stereocenters. The molecule has 4 heterocycles. The van der Waals surface area contributed by atoms with Gasteiger partial charge in [-0.05, 0) is 67.7 Å². The molecule has 4 amide bonds. The second-order valence-electron chi connectivity index (χ2n) is 17.3. The zero-order valence-electron chi connectivity index (χ0n) is 37.5. The molecule has 3 atom stereocenters. The van der Waals surface area contributed by atoms with Crippen LogP contribution < -0.4 is 29.9 Å². The molecule has 16 nitrogen and oxygen atoms in total. The predicted molar refractivity (Wildman–Crippen MR) is 242 cm³/mol. The Morgan fingerprint density at radius 2 is 1.76 bits per heavy atom. The molecule has 22 heteroatoms. The normalized spacial score (nSPS) is 17.6. The summed E-state index contributed by atoms with van der Waals surface area (Å²) in [6, 6.07) is 11.4. The Hall–Kier alpha value is -6.28. The molecule has 3 N–H and O–H groups in total. The maximum atomic E-state index is 15.5. The van der Waals surface area contributed by atoms with E-state index in [1.165, 1.54) is 60.3 Å². The topological polar surface area (TPSA) is 200 Å². The minimum absolute atomic E-state index is 0.0115. The summed E-state index contributed by atoms with van der Waals surface area (Å²) in [4.78, 5) is 67.1. The van der Waals surface area contributed by atoms with Crippen LogP contribution in [0.1, 0.15) is 63.4 Å². The Balaban J connectivity index is 1.03. The number of methoxy groups -OCH3 is 1. The van der Waals surface area contributed by atoms with Gasteiger partial charge >= 0.3 is 6.18 Å². The van der Waals surface area contributed by atoms with Gasteiger partial charge in [-0.2, -0.15) is 23.4 Å². The fourth-order valence-electron chi connectivity index (χ4n) is 7.69. The van der Waals surface area contributed by atoms with E-state index in [-0.39, 0.29) is 55.3 Å². The summed E-state index contributed by atoms with van der Waals surface area (Å²) >= 11 is 7.06. The highest BCUT2D eigenvalue weighted by molar-refractivity contribution is 7.81. The molecule has 2 aliphatic heterocycles. The van der Waals surface area contributed by atoms with Crippen LogP contribution in [0.3, 0.4) is 0 Å². The maximum Gasteiger partial charge on any atom is 0.420 e. The first-order valence-electron chi connectivity index (χ1n) is 20.8. The first-order valence-corrected chi connectivity index (χ1v) is 22.1. The van der Waals surface area contributed by atoms with E-state index in [4.69, 9.17) is 26.4 Å². The molecule has 356 valence electrons. The number of thiocarbonyl (C=S) groups is 1. The number of alkyl halides is 3. The van der Waals surface area contributed by atoms with E-state index in [2.05, 4.69) is 20.6 Å². The number of amides is 4. The number of aliphatic hydroxyl groups excluding tert-OH is 1. The van der Waals surface area contributed by atoms with E-state index < -0.39 is 88.2 Å². The van der Waals surface area contributed by atoms with Crippen LogP contribution in [-0.4, -0.2) is 106 Å². The van der Waals surface area contributed by atoms with Crippen LogP contribution >= 0.6 is 23.6 Å². The molecule has 0 radical (unpaired) electrons. The summed E-state index contributed by atoms with van der Waals surface area (Å²) in [5.74, 6) is -4.42. The van der Waals surface area contributed by atoms with Gasteiger partial charge in [-0.1, -0.05) is 45.0 Å². The minimum atomic E-state index is -5.24. The molecule has 2 aliphatic rings. The van der Waals surface area contributed by atoms with E-state index in [9.17, 15) is 42.7 Å². The number of thiazole rings is 1. The van der Waals surface area contributed by atoms with Crippen LogP contribution in [-0.2, 0) is 36.6 Å². The number of anilines is 2. The lowest BCUT2D eigenvalue weighted by Gasteiger charge is -2.35. The number of carbonyl (C=O) groups is 4. The van der Waals surface area contributed by atoms with Gasteiger partial charge in [0, 0.05) is 25.6 Å². The quantitative estimate of drug-likeness (QED) is 0.0749. The molecule has 4 aromatic rings. The Morgan fingerprint density at radius 3 is 2.37 bits per heavy atom. The first-order chi connectivity index (χ1) is 31.5. The van der Waals surface area contributed by atoms with Crippen molar-refractivity contribution < 1.29 is 56.1 Å². The van der Waals surface area contributed by atoms with Crippen LogP contribution in [0.5, 0.6) is 11.8 Å². The van der Waals surface area contributed by atoms with Gasteiger partial charge in [-0.25, -0.2) is 9.37 Å². The number of nitriles is 1. The third kappa shape index (κ3) is 10.6. The molecular weight excluding hydrogens is 921 g/mol. The summed E-state index contributed by atoms with van der Waals surface area (Å²) in [5.41, 5.74) is -1.33. The number of nitrogens with zero attached hydrogens (tertiary/aromatic N) is 6. The van der Waals surface area contributed by atoms with Crippen molar-refractivity contribution in [2.24, 2.45) is 5.41 Å². The molecule has 6 rings (SSSR count). The molecule has 2 aromatic carbocycles. The maximum absolute atomic E-state index is 15.5. The Morgan fingerprint density at radius 1 is 1.07 bits per heavy atom. The Bertz CT molecular complexity index is 2600. The summed E-state index contributed by atoms with van der Waals surface area (Å²) in [5, 5.41) is 25.0. The first kappa shape index (κ1) is 50.1. The lowest BCUT2D eigenvalue weighted by Crippen LogP contribution is -2.58. The van der Waals surface area contributed by atoms with Crippen LogP contribution in [0, 0.1) is 29.5 Å². The second-order valence-corrected chi connectivity index (χ2v) is 18.5. The van der Waals surface area contributed by atoms with Crippen LogP contribution in [0.4, 0.5) is 28.9 Å². The number of hydrogen-bond donors (Lipinski definition) is 3. The van der Waals surface area contributed by atoms with Gasteiger partial charge in [0.2, 0.25) is 29.5 Å². The smallest absolute Gasteiger partial charge is 0.420 e. The lowest BCUT2D eigenvalue weighted by molar-refractivity contribution is -0.144. The van der Waals surface area contributed by atoms with Crippen molar-refractivity contribution in [3.05, 3.63) is 82.2 Å². The van der Waals surface area contributed by atoms with Crippen LogP contribution in [0.2, 0.25) is 0 Å². The van der Waals surface area contributed by atoms with Crippen LogP contribution in [0.15, 0.2) is 54.0 Å². The monoisotopic (exact) mass is 968 g/mol. The van der Waals surface area contributed by atoms with E-state index in [1.807, 2.05) is 31.2 Å². The number of carbonyl (C=O) groups excluding carboxylic acids is 4. The standard InChI is InChI=1S/C45H48F4N8O8S2/c1-24-36(67-23-52-24)26-10-8-25(9-11-26)20-51-38(60)31-18-28(58)21-55(31)40(61)37(43(2,3)4)53-32(59)22-64-16-17-65-33-15-14-30(39(54-33)63-7)57-42(66)56(41(62)44(57,5)6)29-13-12-27(19-50)34(35(29)46)45(47,48)49/h8-15,23,28,31,37,58H,16-18,20-22H2,1-7H3,(H,51,60)(H,53,59)/t28-,31+,37-/m1/s1. The van der Waals surface area contributed by atoms with Gasteiger partial charge in [-0.15, -0.1) is 11.3 Å². The Kier molecular flexibility index (Phi) is 14.9. The van der Waals surface area contributed by atoms with Gasteiger partial charge in [0.05, 0.1) is 53.2 Å². The molecule has 0 spiro atoms. The van der Waals surface area contributed by atoms with Gasteiger partial charge in [0.1, 0.15) is 42.1 Å². The number of halogens is 4. The van der Waals surface area contributed by atoms with Gasteiger partial charge < -0.3 is 34.9 Å². The molecule has 2 saturated heterocycles. The number of rotatable bonds is 15. The average molecular weight is 969 g/mol. The molecule has 0 bridgehead atoms. The van der Waals surface area contributed by atoms with E-state index in [0.29, 0.717) is 4.90 Å². The van der Waals surface area contributed by atoms with Gasteiger partial charge in [0.15, 0.2) is 10.9 Å². The summed E-state index contributed by atoms with van der Waals surface area (Å²) < 4.78 is 73.6. The summed E-state index contributed by atoms with van der Waals surface area (Å²) in [7, 11) is 1.27. The molecule has 0 aliphatic carbocycles. The number of nitrogens with one attached hydrogen (secondary N) is 2. The zero-order chi connectivity index (χ0) is 49.2. The summed E-state index contributed by atoms with van der Waals surface area (Å²) in [6.07, 6.45) is -6.17. The average Bonchev–Trinajstić information content (AvgIpc) is 3.93.